The minimum absolute atomic E-state index is 0.0600. The molecule has 1 unspecified atom stereocenters. The standard InChI is InChI=1S/C12H26N2O2/c1-6-10(7-2)14-11(15)9(3)16-12(4,5)8-13/h9-10H,6-8,13H2,1-5H3,(H,14,15). The zero-order valence-corrected chi connectivity index (χ0v) is 11.2. The number of rotatable bonds is 7. The fourth-order valence-corrected chi connectivity index (χ4v) is 1.39. The van der Waals surface area contributed by atoms with E-state index in [2.05, 4.69) is 19.2 Å². The molecule has 0 spiro atoms. The highest BCUT2D eigenvalue weighted by atomic mass is 16.5. The summed E-state index contributed by atoms with van der Waals surface area (Å²) in [6.45, 7) is 10.0. The number of nitrogens with two attached hydrogens (primary N) is 1. The number of hydrogen-bond donors (Lipinski definition) is 2. The first-order valence-corrected chi connectivity index (χ1v) is 6.04. The number of hydrogen-bond acceptors (Lipinski definition) is 3. The highest BCUT2D eigenvalue weighted by Crippen LogP contribution is 2.10. The van der Waals surface area contributed by atoms with Crippen molar-refractivity contribution in [1.29, 1.82) is 0 Å². The molecule has 96 valence electrons. The van der Waals surface area contributed by atoms with Crippen molar-refractivity contribution in [1.82, 2.24) is 5.32 Å². The lowest BCUT2D eigenvalue weighted by Gasteiger charge is -2.28. The van der Waals surface area contributed by atoms with E-state index >= 15 is 0 Å². The zero-order valence-electron chi connectivity index (χ0n) is 11.2. The van der Waals surface area contributed by atoms with E-state index in [1.54, 1.807) is 6.92 Å². The van der Waals surface area contributed by atoms with Gasteiger partial charge < -0.3 is 15.8 Å². The van der Waals surface area contributed by atoms with E-state index in [-0.39, 0.29) is 11.9 Å². The largest absolute Gasteiger partial charge is 0.362 e. The monoisotopic (exact) mass is 230 g/mol. The van der Waals surface area contributed by atoms with Crippen LogP contribution in [0, 0.1) is 0 Å². The Bertz CT molecular complexity index is 213. The number of carbonyl (C=O) groups excluding carboxylic acids is 1. The van der Waals surface area contributed by atoms with Gasteiger partial charge in [-0.2, -0.15) is 0 Å². The Labute approximate surface area is 98.9 Å². The van der Waals surface area contributed by atoms with Crippen LogP contribution in [0.15, 0.2) is 0 Å². The first-order valence-electron chi connectivity index (χ1n) is 6.04. The summed E-state index contributed by atoms with van der Waals surface area (Å²) in [7, 11) is 0. The Morgan fingerprint density at radius 3 is 2.25 bits per heavy atom. The summed E-state index contributed by atoms with van der Waals surface area (Å²) in [5, 5.41) is 2.96. The first kappa shape index (κ1) is 15.4. The third-order valence-corrected chi connectivity index (χ3v) is 2.69. The van der Waals surface area contributed by atoms with Crippen LogP contribution in [0.2, 0.25) is 0 Å². The molecule has 4 nitrogen and oxygen atoms in total. The molecule has 16 heavy (non-hydrogen) atoms. The summed E-state index contributed by atoms with van der Waals surface area (Å²) >= 11 is 0. The van der Waals surface area contributed by atoms with E-state index in [0.717, 1.165) is 12.8 Å². The zero-order chi connectivity index (χ0) is 12.8. The summed E-state index contributed by atoms with van der Waals surface area (Å²) in [6.07, 6.45) is 1.42. The SMILES string of the molecule is CCC(CC)NC(=O)C(C)OC(C)(C)CN. The normalized spacial score (nSPS) is 13.9. The van der Waals surface area contributed by atoms with E-state index in [4.69, 9.17) is 10.5 Å². The van der Waals surface area contributed by atoms with Crippen LogP contribution in [0.3, 0.4) is 0 Å². The van der Waals surface area contributed by atoms with Gasteiger partial charge in [0.25, 0.3) is 0 Å². The van der Waals surface area contributed by atoms with Crippen molar-refractivity contribution < 1.29 is 9.53 Å². The quantitative estimate of drug-likeness (QED) is 0.695. The highest BCUT2D eigenvalue weighted by Gasteiger charge is 2.24. The van der Waals surface area contributed by atoms with Crippen LogP contribution >= 0.6 is 0 Å². The average Bonchev–Trinajstić information content (AvgIpc) is 2.24. The van der Waals surface area contributed by atoms with Gasteiger partial charge in [-0.05, 0) is 33.6 Å². The molecule has 0 aliphatic carbocycles. The number of amides is 1. The summed E-state index contributed by atoms with van der Waals surface area (Å²) < 4.78 is 5.60. The highest BCUT2D eigenvalue weighted by molar-refractivity contribution is 5.80. The molecule has 4 heteroatoms. The molecule has 0 aliphatic rings. The Morgan fingerprint density at radius 1 is 1.38 bits per heavy atom. The van der Waals surface area contributed by atoms with Crippen LogP contribution in [-0.4, -0.2) is 30.2 Å². The van der Waals surface area contributed by atoms with E-state index < -0.39 is 11.7 Å². The maximum Gasteiger partial charge on any atom is 0.249 e. The first-order chi connectivity index (χ1) is 7.36. The predicted octanol–water partition coefficient (Wildman–Crippen LogP) is 1.43. The Balaban J connectivity index is 4.18. The number of nitrogens with one attached hydrogen (secondary N) is 1. The molecule has 0 radical (unpaired) electrons. The molecule has 0 saturated carbocycles. The smallest absolute Gasteiger partial charge is 0.249 e. The predicted molar refractivity (Wildman–Crippen MR) is 66.2 cm³/mol. The van der Waals surface area contributed by atoms with Gasteiger partial charge in [-0.1, -0.05) is 13.8 Å². The molecule has 0 aromatic heterocycles. The van der Waals surface area contributed by atoms with Crippen molar-refractivity contribution in [2.24, 2.45) is 5.73 Å². The van der Waals surface area contributed by atoms with Crippen molar-refractivity contribution in [3.63, 3.8) is 0 Å². The Morgan fingerprint density at radius 2 is 1.88 bits per heavy atom. The van der Waals surface area contributed by atoms with Crippen molar-refractivity contribution in [3.8, 4) is 0 Å². The van der Waals surface area contributed by atoms with Gasteiger partial charge in [0.1, 0.15) is 6.10 Å². The number of carbonyl (C=O) groups is 1. The molecule has 0 rings (SSSR count). The average molecular weight is 230 g/mol. The number of ether oxygens (including phenoxy) is 1. The summed E-state index contributed by atoms with van der Waals surface area (Å²) in [6, 6.07) is 0.236. The van der Waals surface area contributed by atoms with Gasteiger partial charge in [0.15, 0.2) is 0 Å². The van der Waals surface area contributed by atoms with Crippen molar-refractivity contribution in [2.45, 2.75) is 65.2 Å². The minimum atomic E-state index is -0.459. The Kier molecular flexibility index (Phi) is 6.60. The molecular weight excluding hydrogens is 204 g/mol. The molecule has 1 atom stereocenters. The van der Waals surface area contributed by atoms with E-state index in [1.165, 1.54) is 0 Å². The molecule has 0 saturated heterocycles. The van der Waals surface area contributed by atoms with Crippen LogP contribution in [0.1, 0.15) is 47.5 Å². The van der Waals surface area contributed by atoms with Crippen LogP contribution < -0.4 is 11.1 Å². The van der Waals surface area contributed by atoms with Gasteiger partial charge in [-0.3, -0.25) is 4.79 Å². The molecule has 0 heterocycles. The Hall–Kier alpha value is -0.610. The summed E-state index contributed by atoms with van der Waals surface area (Å²) in [4.78, 5) is 11.8. The van der Waals surface area contributed by atoms with Crippen molar-refractivity contribution in [3.05, 3.63) is 0 Å². The second-order valence-electron chi connectivity index (χ2n) is 4.75. The minimum Gasteiger partial charge on any atom is -0.362 e. The molecule has 0 fully saturated rings. The maximum atomic E-state index is 11.8. The molecular formula is C12H26N2O2. The fraction of sp³-hybridized carbons (Fsp3) is 0.917. The fourth-order valence-electron chi connectivity index (χ4n) is 1.39. The van der Waals surface area contributed by atoms with Gasteiger partial charge in [0.05, 0.1) is 5.60 Å². The molecule has 0 aliphatic heterocycles. The second-order valence-corrected chi connectivity index (χ2v) is 4.75. The molecule has 0 aromatic rings. The van der Waals surface area contributed by atoms with Crippen molar-refractivity contribution in [2.75, 3.05) is 6.54 Å². The lowest BCUT2D eigenvalue weighted by atomic mass is 10.1. The maximum absolute atomic E-state index is 11.8. The topological polar surface area (TPSA) is 64.3 Å². The van der Waals surface area contributed by atoms with Crippen molar-refractivity contribution >= 4 is 5.91 Å². The van der Waals surface area contributed by atoms with Gasteiger partial charge >= 0.3 is 0 Å². The van der Waals surface area contributed by atoms with E-state index in [0.29, 0.717) is 6.54 Å². The lowest BCUT2D eigenvalue weighted by molar-refractivity contribution is -0.141. The van der Waals surface area contributed by atoms with E-state index in [9.17, 15) is 4.79 Å². The summed E-state index contributed by atoms with van der Waals surface area (Å²) in [5.74, 6) is -0.0600. The molecule has 0 bridgehead atoms. The van der Waals surface area contributed by atoms with Crippen LogP contribution in [0.5, 0.6) is 0 Å². The van der Waals surface area contributed by atoms with Crippen LogP contribution in [-0.2, 0) is 9.53 Å². The molecule has 1 amide bonds. The van der Waals surface area contributed by atoms with Gasteiger partial charge in [-0.25, -0.2) is 0 Å². The summed E-state index contributed by atoms with van der Waals surface area (Å²) in [5.41, 5.74) is 5.10. The second kappa shape index (κ2) is 6.86. The van der Waals surface area contributed by atoms with Gasteiger partial charge in [0.2, 0.25) is 5.91 Å². The third kappa shape index (κ3) is 5.47. The van der Waals surface area contributed by atoms with Crippen LogP contribution in [0.25, 0.3) is 0 Å². The molecule has 3 N–H and O–H groups in total. The van der Waals surface area contributed by atoms with Crippen LogP contribution in [0.4, 0.5) is 0 Å². The molecule has 0 aromatic carbocycles. The lowest BCUT2D eigenvalue weighted by Crippen LogP contribution is -2.46. The van der Waals surface area contributed by atoms with Gasteiger partial charge in [0, 0.05) is 12.6 Å². The van der Waals surface area contributed by atoms with Gasteiger partial charge in [-0.15, -0.1) is 0 Å². The third-order valence-electron chi connectivity index (χ3n) is 2.69. The van der Waals surface area contributed by atoms with E-state index in [1.807, 2.05) is 13.8 Å².